The first-order chi connectivity index (χ1) is 8.92. The maximum Gasteiger partial charge on any atom is 0.325 e. The van der Waals surface area contributed by atoms with Crippen LogP contribution in [0.3, 0.4) is 0 Å². The van der Waals surface area contributed by atoms with Gasteiger partial charge in [0.05, 0.1) is 12.6 Å². The summed E-state index contributed by atoms with van der Waals surface area (Å²) in [7, 11) is 0. The number of carbonyl (C=O) groups is 2. The number of carbonyl (C=O) groups excluding carboxylic acids is 2. The predicted octanol–water partition coefficient (Wildman–Crippen LogP) is 1.11. The minimum absolute atomic E-state index is 0.0161. The van der Waals surface area contributed by atoms with Crippen LogP contribution < -0.4 is 5.73 Å². The van der Waals surface area contributed by atoms with Crippen LogP contribution >= 0.6 is 11.8 Å². The summed E-state index contributed by atoms with van der Waals surface area (Å²) in [6.45, 7) is 6.57. The molecule has 0 aliphatic rings. The van der Waals surface area contributed by atoms with Crippen molar-refractivity contribution in [2.75, 3.05) is 31.7 Å². The second kappa shape index (κ2) is 10.1. The molecule has 0 spiro atoms. The molecule has 0 aromatic rings. The molecule has 0 aromatic carbocycles. The van der Waals surface area contributed by atoms with Crippen molar-refractivity contribution in [3.8, 4) is 0 Å². The molecule has 1 amide bonds. The zero-order valence-electron chi connectivity index (χ0n) is 12.3. The number of rotatable bonds is 9. The van der Waals surface area contributed by atoms with Gasteiger partial charge in [0.2, 0.25) is 5.91 Å². The monoisotopic (exact) mass is 290 g/mol. The third-order valence-electron chi connectivity index (χ3n) is 2.47. The highest BCUT2D eigenvalue weighted by Crippen LogP contribution is 2.06. The number of hydrogen-bond donors (Lipinski definition) is 1. The molecule has 0 rings (SSSR count). The van der Waals surface area contributed by atoms with E-state index in [1.165, 1.54) is 4.90 Å². The maximum absolute atomic E-state index is 12.2. The highest BCUT2D eigenvalue weighted by Gasteiger charge is 2.23. The second-order valence-electron chi connectivity index (χ2n) is 4.81. The van der Waals surface area contributed by atoms with Gasteiger partial charge in [-0.2, -0.15) is 11.8 Å². The summed E-state index contributed by atoms with van der Waals surface area (Å²) in [5.74, 6) is 0.567. The van der Waals surface area contributed by atoms with Crippen molar-refractivity contribution >= 4 is 23.6 Å². The SMILES string of the molecule is CCOC(=O)CN(CC(C)C)C(=O)[C@@H](N)CCSC. The van der Waals surface area contributed by atoms with E-state index in [2.05, 4.69) is 0 Å². The quantitative estimate of drug-likeness (QED) is 0.644. The van der Waals surface area contributed by atoms with Gasteiger partial charge in [0, 0.05) is 6.54 Å². The number of amides is 1. The van der Waals surface area contributed by atoms with Gasteiger partial charge in [-0.05, 0) is 31.3 Å². The fourth-order valence-corrected chi connectivity index (χ4v) is 2.13. The fraction of sp³-hybridized carbons (Fsp3) is 0.846. The van der Waals surface area contributed by atoms with E-state index in [0.29, 0.717) is 19.6 Å². The van der Waals surface area contributed by atoms with Crippen LogP contribution in [-0.2, 0) is 14.3 Å². The van der Waals surface area contributed by atoms with Crippen molar-refractivity contribution in [1.29, 1.82) is 0 Å². The van der Waals surface area contributed by atoms with Crippen molar-refractivity contribution in [3.63, 3.8) is 0 Å². The molecule has 0 aromatic heterocycles. The first-order valence-corrected chi connectivity index (χ1v) is 8.00. The Morgan fingerprint density at radius 3 is 2.47 bits per heavy atom. The summed E-state index contributed by atoms with van der Waals surface area (Å²) >= 11 is 1.65. The zero-order chi connectivity index (χ0) is 14.8. The molecular formula is C13H26N2O3S. The molecule has 0 saturated heterocycles. The fourth-order valence-electron chi connectivity index (χ4n) is 1.64. The third-order valence-corrected chi connectivity index (χ3v) is 3.12. The van der Waals surface area contributed by atoms with E-state index < -0.39 is 6.04 Å². The molecule has 112 valence electrons. The summed E-state index contributed by atoms with van der Waals surface area (Å²) < 4.78 is 4.89. The molecule has 0 aliphatic carbocycles. The lowest BCUT2D eigenvalue weighted by Gasteiger charge is -2.26. The lowest BCUT2D eigenvalue weighted by atomic mass is 10.1. The number of nitrogens with two attached hydrogens (primary N) is 1. The molecule has 0 heterocycles. The van der Waals surface area contributed by atoms with Crippen molar-refractivity contribution in [2.45, 2.75) is 33.2 Å². The Kier molecular flexibility index (Phi) is 9.69. The van der Waals surface area contributed by atoms with Crippen molar-refractivity contribution in [1.82, 2.24) is 4.90 Å². The highest BCUT2D eigenvalue weighted by molar-refractivity contribution is 7.98. The molecule has 1 atom stereocenters. The van der Waals surface area contributed by atoms with Crippen LogP contribution in [0.15, 0.2) is 0 Å². The lowest BCUT2D eigenvalue weighted by molar-refractivity contribution is -0.149. The molecule has 0 unspecified atom stereocenters. The maximum atomic E-state index is 12.2. The number of thioether (sulfide) groups is 1. The van der Waals surface area contributed by atoms with Gasteiger partial charge in [-0.15, -0.1) is 0 Å². The van der Waals surface area contributed by atoms with Crippen molar-refractivity contribution in [3.05, 3.63) is 0 Å². The van der Waals surface area contributed by atoms with E-state index in [-0.39, 0.29) is 24.3 Å². The van der Waals surface area contributed by atoms with E-state index in [0.717, 1.165) is 5.75 Å². The van der Waals surface area contributed by atoms with Crippen LogP contribution in [0.1, 0.15) is 27.2 Å². The van der Waals surface area contributed by atoms with E-state index >= 15 is 0 Å². The lowest BCUT2D eigenvalue weighted by Crippen LogP contribution is -2.47. The number of nitrogens with zero attached hydrogens (tertiary/aromatic N) is 1. The van der Waals surface area contributed by atoms with Gasteiger partial charge in [0.25, 0.3) is 0 Å². The Morgan fingerprint density at radius 1 is 1.37 bits per heavy atom. The smallest absolute Gasteiger partial charge is 0.325 e. The van der Waals surface area contributed by atoms with Crippen LogP contribution in [0, 0.1) is 5.92 Å². The Balaban J connectivity index is 4.54. The Hall–Kier alpha value is -0.750. The molecule has 0 fully saturated rings. The third kappa shape index (κ3) is 8.10. The molecular weight excluding hydrogens is 264 g/mol. The van der Waals surface area contributed by atoms with E-state index in [9.17, 15) is 9.59 Å². The summed E-state index contributed by atoms with van der Waals surface area (Å²) in [6.07, 6.45) is 2.60. The summed E-state index contributed by atoms with van der Waals surface area (Å²) in [5, 5.41) is 0. The molecule has 5 nitrogen and oxygen atoms in total. The van der Waals surface area contributed by atoms with Gasteiger partial charge in [-0.1, -0.05) is 13.8 Å². The average Bonchev–Trinajstić information content (AvgIpc) is 2.33. The standard InChI is InChI=1S/C13H26N2O3S/c1-5-18-12(16)9-15(8-10(2)3)13(17)11(14)6-7-19-4/h10-11H,5-9,14H2,1-4H3/t11-/m0/s1. The van der Waals surface area contributed by atoms with Crippen molar-refractivity contribution < 1.29 is 14.3 Å². The zero-order valence-corrected chi connectivity index (χ0v) is 13.2. The predicted molar refractivity (Wildman–Crippen MR) is 79.0 cm³/mol. The van der Waals surface area contributed by atoms with Gasteiger partial charge in [0.1, 0.15) is 6.54 Å². The Morgan fingerprint density at radius 2 is 2.00 bits per heavy atom. The number of hydrogen-bond acceptors (Lipinski definition) is 5. The van der Waals surface area contributed by atoms with Crippen LogP contribution in [0.5, 0.6) is 0 Å². The minimum atomic E-state index is -0.541. The van der Waals surface area contributed by atoms with Crippen LogP contribution in [-0.4, -0.2) is 54.5 Å². The summed E-state index contributed by atoms with van der Waals surface area (Å²) in [4.78, 5) is 25.2. The molecule has 6 heteroatoms. The summed E-state index contributed by atoms with van der Waals surface area (Å²) in [6, 6.07) is -0.541. The van der Waals surface area contributed by atoms with Gasteiger partial charge >= 0.3 is 5.97 Å². The van der Waals surface area contributed by atoms with E-state index in [4.69, 9.17) is 10.5 Å². The largest absolute Gasteiger partial charge is 0.465 e. The van der Waals surface area contributed by atoms with Crippen LogP contribution in [0.2, 0.25) is 0 Å². The van der Waals surface area contributed by atoms with Gasteiger partial charge in [-0.25, -0.2) is 0 Å². The topological polar surface area (TPSA) is 72.6 Å². The molecule has 0 saturated carbocycles. The average molecular weight is 290 g/mol. The molecule has 0 radical (unpaired) electrons. The van der Waals surface area contributed by atoms with E-state index in [1.54, 1.807) is 18.7 Å². The normalized spacial score (nSPS) is 12.3. The summed E-state index contributed by atoms with van der Waals surface area (Å²) in [5.41, 5.74) is 5.87. The first kappa shape index (κ1) is 18.2. The number of esters is 1. The van der Waals surface area contributed by atoms with Gasteiger partial charge in [-0.3, -0.25) is 9.59 Å². The highest BCUT2D eigenvalue weighted by atomic mass is 32.2. The van der Waals surface area contributed by atoms with E-state index in [1.807, 2.05) is 20.1 Å². The van der Waals surface area contributed by atoms with Gasteiger partial charge in [0.15, 0.2) is 0 Å². The Bertz CT molecular complexity index is 285. The number of ether oxygens (including phenoxy) is 1. The second-order valence-corrected chi connectivity index (χ2v) is 5.79. The Labute approximate surface area is 120 Å². The molecule has 19 heavy (non-hydrogen) atoms. The first-order valence-electron chi connectivity index (χ1n) is 6.61. The van der Waals surface area contributed by atoms with Gasteiger partial charge < -0.3 is 15.4 Å². The molecule has 0 aliphatic heterocycles. The van der Waals surface area contributed by atoms with Crippen molar-refractivity contribution in [2.24, 2.45) is 11.7 Å². The van der Waals surface area contributed by atoms with Crippen LogP contribution in [0.4, 0.5) is 0 Å². The molecule has 2 N–H and O–H groups in total. The van der Waals surface area contributed by atoms with Crippen LogP contribution in [0.25, 0.3) is 0 Å². The molecule has 0 bridgehead atoms. The minimum Gasteiger partial charge on any atom is -0.465 e.